The van der Waals surface area contributed by atoms with Gasteiger partial charge in [-0.3, -0.25) is 0 Å². The molecule has 2 N–H and O–H groups in total. The number of hydrogen-bond acceptors (Lipinski definition) is 4. The van der Waals surface area contributed by atoms with Gasteiger partial charge in [0.1, 0.15) is 5.75 Å². The first-order chi connectivity index (χ1) is 9.78. The van der Waals surface area contributed by atoms with Crippen LogP contribution in [0.2, 0.25) is 0 Å². The Hall–Kier alpha value is -1.39. The zero-order valence-electron chi connectivity index (χ0n) is 11.8. The number of nitrogens with zero attached hydrogens (tertiary/aromatic N) is 1. The van der Waals surface area contributed by atoms with Crippen LogP contribution in [-0.4, -0.2) is 11.6 Å². The molecule has 0 saturated heterocycles. The van der Waals surface area contributed by atoms with E-state index in [0.717, 1.165) is 17.2 Å². The minimum Gasteiger partial charge on any atom is -0.493 e. The standard InChI is InChI=1S/C16H20N2OS/c1-11-4-2-3-5-13(11)19-9-8-15-18-16(12-6-7-12)14(10-17)20-15/h2-5,12H,6-10,17H2,1H3. The van der Waals surface area contributed by atoms with Gasteiger partial charge in [-0.2, -0.15) is 0 Å². The number of thiazole rings is 1. The zero-order valence-corrected chi connectivity index (χ0v) is 12.6. The molecule has 1 fully saturated rings. The molecule has 1 heterocycles. The van der Waals surface area contributed by atoms with E-state index in [1.165, 1.54) is 29.0 Å². The average Bonchev–Trinajstić information content (AvgIpc) is 3.22. The summed E-state index contributed by atoms with van der Waals surface area (Å²) in [5.41, 5.74) is 8.24. The molecule has 0 atom stereocenters. The number of aromatic nitrogens is 1. The highest BCUT2D eigenvalue weighted by Gasteiger charge is 2.29. The SMILES string of the molecule is Cc1ccccc1OCCc1nc(C2CC2)c(CN)s1. The monoisotopic (exact) mass is 288 g/mol. The Morgan fingerprint density at radius 3 is 2.85 bits per heavy atom. The van der Waals surface area contributed by atoms with E-state index in [1.807, 2.05) is 18.2 Å². The Kier molecular flexibility index (Phi) is 4.03. The molecule has 1 aromatic carbocycles. The lowest BCUT2D eigenvalue weighted by molar-refractivity contribution is 0.319. The van der Waals surface area contributed by atoms with E-state index in [9.17, 15) is 0 Å². The number of benzene rings is 1. The van der Waals surface area contributed by atoms with Gasteiger partial charge in [0.25, 0.3) is 0 Å². The fourth-order valence-electron chi connectivity index (χ4n) is 2.31. The Morgan fingerprint density at radius 1 is 1.35 bits per heavy atom. The normalized spacial score (nSPS) is 14.5. The van der Waals surface area contributed by atoms with Crippen molar-refractivity contribution in [2.45, 2.75) is 38.6 Å². The van der Waals surface area contributed by atoms with Gasteiger partial charge < -0.3 is 10.5 Å². The van der Waals surface area contributed by atoms with Gasteiger partial charge in [0.05, 0.1) is 17.3 Å². The highest BCUT2D eigenvalue weighted by Crippen LogP contribution is 2.42. The van der Waals surface area contributed by atoms with Gasteiger partial charge in [0, 0.05) is 23.8 Å². The van der Waals surface area contributed by atoms with Gasteiger partial charge in [-0.15, -0.1) is 11.3 Å². The molecule has 3 nitrogen and oxygen atoms in total. The lowest BCUT2D eigenvalue weighted by atomic mass is 10.2. The van der Waals surface area contributed by atoms with Crippen molar-refractivity contribution in [1.29, 1.82) is 0 Å². The van der Waals surface area contributed by atoms with Crippen molar-refractivity contribution in [3.63, 3.8) is 0 Å². The molecule has 0 aliphatic heterocycles. The number of rotatable bonds is 6. The van der Waals surface area contributed by atoms with Crippen molar-refractivity contribution in [1.82, 2.24) is 4.98 Å². The summed E-state index contributed by atoms with van der Waals surface area (Å²) in [7, 11) is 0. The van der Waals surface area contributed by atoms with Gasteiger partial charge in [-0.25, -0.2) is 4.98 Å². The predicted octanol–water partition coefficient (Wildman–Crippen LogP) is 3.41. The van der Waals surface area contributed by atoms with E-state index < -0.39 is 0 Å². The lowest BCUT2D eigenvalue weighted by Crippen LogP contribution is -2.02. The van der Waals surface area contributed by atoms with Crippen molar-refractivity contribution in [2.24, 2.45) is 5.73 Å². The summed E-state index contributed by atoms with van der Waals surface area (Å²) in [6, 6.07) is 8.11. The fourth-order valence-corrected chi connectivity index (χ4v) is 3.32. The van der Waals surface area contributed by atoms with Crippen molar-refractivity contribution >= 4 is 11.3 Å². The average molecular weight is 288 g/mol. The molecule has 1 aliphatic rings. The molecular weight excluding hydrogens is 268 g/mol. The molecule has 0 bridgehead atoms. The second kappa shape index (κ2) is 5.94. The summed E-state index contributed by atoms with van der Waals surface area (Å²) in [5, 5.41) is 1.15. The molecule has 0 unspecified atom stereocenters. The molecule has 1 saturated carbocycles. The minimum atomic E-state index is 0.613. The van der Waals surface area contributed by atoms with Crippen LogP contribution in [0, 0.1) is 6.92 Å². The molecule has 20 heavy (non-hydrogen) atoms. The maximum Gasteiger partial charge on any atom is 0.122 e. The van der Waals surface area contributed by atoms with Crippen LogP contribution in [0.5, 0.6) is 5.75 Å². The van der Waals surface area contributed by atoms with E-state index in [1.54, 1.807) is 11.3 Å². The number of hydrogen-bond donors (Lipinski definition) is 1. The fraction of sp³-hybridized carbons (Fsp3) is 0.438. The topological polar surface area (TPSA) is 48.1 Å². The first-order valence-electron chi connectivity index (χ1n) is 7.15. The van der Waals surface area contributed by atoms with Crippen molar-refractivity contribution < 1.29 is 4.74 Å². The Morgan fingerprint density at radius 2 is 2.15 bits per heavy atom. The summed E-state index contributed by atoms with van der Waals surface area (Å²) in [5.74, 6) is 1.64. The van der Waals surface area contributed by atoms with Crippen LogP contribution in [0.25, 0.3) is 0 Å². The maximum atomic E-state index is 5.83. The third-order valence-corrected chi connectivity index (χ3v) is 4.74. The molecule has 106 valence electrons. The second-order valence-corrected chi connectivity index (χ2v) is 6.43. The van der Waals surface area contributed by atoms with E-state index >= 15 is 0 Å². The second-order valence-electron chi connectivity index (χ2n) is 5.26. The third kappa shape index (κ3) is 3.02. The summed E-state index contributed by atoms with van der Waals surface area (Å²) < 4.78 is 5.83. The number of nitrogens with two attached hydrogens (primary N) is 1. The smallest absolute Gasteiger partial charge is 0.122 e. The van der Waals surface area contributed by atoms with Gasteiger partial charge in [0.15, 0.2) is 0 Å². The lowest BCUT2D eigenvalue weighted by Gasteiger charge is -2.07. The van der Waals surface area contributed by atoms with Crippen LogP contribution >= 0.6 is 11.3 Å². The molecule has 0 amide bonds. The zero-order chi connectivity index (χ0) is 13.9. The summed E-state index contributed by atoms with van der Waals surface area (Å²) in [6.45, 7) is 3.35. The van der Waals surface area contributed by atoms with Crippen molar-refractivity contribution in [2.75, 3.05) is 6.61 Å². The molecule has 1 aliphatic carbocycles. The van der Waals surface area contributed by atoms with Crippen molar-refractivity contribution in [3.05, 3.63) is 45.4 Å². The van der Waals surface area contributed by atoms with Crippen LogP contribution in [0.15, 0.2) is 24.3 Å². The summed E-state index contributed by atoms with van der Waals surface area (Å²) >= 11 is 1.75. The highest BCUT2D eigenvalue weighted by molar-refractivity contribution is 7.11. The quantitative estimate of drug-likeness (QED) is 0.886. The van der Waals surface area contributed by atoms with E-state index in [2.05, 4.69) is 13.0 Å². The third-order valence-electron chi connectivity index (χ3n) is 3.59. The predicted molar refractivity (Wildman–Crippen MR) is 82.4 cm³/mol. The number of para-hydroxylation sites is 1. The van der Waals surface area contributed by atoms with Gasteiger partial charge in [0.2, 0.25) is 0 Å². The van der Waals surface area contributed by atoms with Crippen molar-refractivity contribution in [3.8, 4) is 5.75 Å². The highest BCUT2D eigenvalue weighted by atomic mass is 32.1. The Bertz CT molecular complexity index is 590. The molecule has 0 radical (unpaired) electrons. The van der Waals surface area contributed by atoms with Crippen LogP contribution in [-0.2, 0) is 13.0 Å². The molecular formula is C16H20N2OS. The van der Waals surface area contributed by atoms with Crippen LogP contribution in [0.3, 0.4) is 0 Å². The van der Waals surface area contributed by atoms with E-state index in [4.69, 9.17) is 15.5 Å². The largest absolute Gasteiger partial charge is 0.493 e. The number of ether oxygens (including phenoxy) is 1. The van der Waals surface area contributed by atoms with Crippen LogP contribution in [0.4, 0.5) is 0 Å². The van der Waals surface area contributed by atoms with E-state index in [-0.39, 0.29) is 0 Å². The first kappa shape index (κ1) is 13.6. The van der Waals surface area contributed by atoms with Gasteiger partial charge in [-0.1, -0.05) is 18.2 Å². The Balaban J connectivity index is 1.60. The summed E-state index contributed by atoms with van der Waals surface area (Å²) in [4.78, 5) is 6.02. The maximum absolute atomic E-state index is 5.83. The molecule has 2 aromatic rings. The van der Waals surface area contributed by atoms with Crippen LogP contribution < -0.4 is 10.5 Å². The Labute approximate surface area is 123 Å². The van der Waals surface area contributed by atoms with Gasteiger partial charge in [-0.05, 0) is 31.4 Å². The molecule has 0 spiro atoms. The molecule has 1 aromatic heterocycles. The van der Waals surface area contributed by atoms with Gasteiger partial charge >= 0.3 is 0 Å². The minimum absolute atomic E-state index is 0.613. The van der Waals surface area contributed by atoms with Crippen LogP contribution in [0.1, 0.15) is 39.9 Å². The summed E-state index contributed by atoms with van der Waals surface area (Å²) in [6.07, 6.45) is 3.41. The first-order valence-corrected chi connectivity index (χ1v) is 7.96. The molecule has 4 heteroatoms. The van der Waals surface area contributed by atoms with E-state index in [0.29, 0.717) is 19.1 Å². The number of aryl methyl sites for hydroxylation is 1. The molecule has 3 rings (SSSR count).